The molecule has 0 saturated heterocycles. The van der Waals surface area contributed by atoms with Crippen molar-refractivity contribution in [3.63, 3.8) is 0 Å². The van der Waals surface area contributed by atoms with Gasteiger partial charge in [-0.3, -0.25) is 0 Å². The van der Waals surface area contributed by atoms with E-state index in [2.05, 4.69) is 27.7 Å². The Hall–Kier alpha value is -0.565. The average molecular weight is 209 g/mol. The second-order valence-corrected chi connectivity index (χ2v) is 4.44. The van der Waals surface area contributed by atoms with Gasteiger partial charge in [-0.05, 0) is 39.0 Å². The highest BCUT2D eigenvalue weighted by molar-refractivity contribution is 6.65. The van der Waals surface area contributed by atoms with E-state index < -0.39 is 0 Å². The SMILES string of the molecule is C/C=C(\C=N)B(CCC)OC(C)(C)CC. The molecule has 0 radical (unpaired) electrons. The Labute approximate surface area is 94.7 Å². The third-order valence-electron chi connectivity index (χ3n) is 2.74. The van der Waals surface area contributed by atoms with E-state index in [1.54, 1.807) is 0 Å². The molecule has 15 heavy (non-hydrogen) atoms. The summed E-state index contributed by atoms with van der Waals surface area (Å²) in [5.74, 6) is 0. The zero-order chi connectivity index (χ0) is 11.9. The summed E-state index contributed by atoms with van der Waals surface area (Å²) in [6.45, 7) is 10.5. The molecule has 0 amide bonds. The predicted molar refractivity (Wildman–Crippen MR) is 68.8 cm³/mol. The lowest BCUT2D eigenvalue weighted by Gasteiger charge is -2.29. The first-order valence-electron chi connectivity index (χ1n) is 5.85. The lowest BCUT2D eigenvalue weighted by Crippen LogP contribution is -2.34. The minimum Gasteiger partial charge on any atom is -0.426 e. The van der Waals surface area contributed by atoms with E-state index in [-0.39, 0.29) is 12.5 Å². The van der Waals surface area contributed by atoms with Gasteiger partial charge in [-0.2, -0.15) is 0 Å². The van der Waals surface area contributed by atoms with Crippen molar-refractivity contribution in [3.8, 4) is 0 Å². The van der Waals surface area contributed by atoms with Crippen molar-refractivity contribution in [3.05, 3.63) is 11.5 Å². The second kappa shape index (κ2) is 6.83. The molecular formula is C12H24BNO. The monoisotopic (exact) mass is 209 g/mol. The molecule has 0 spiro atoms. The molecule has 0 aromatic heterocycles. The number of allylic oxidation sites excluding steroid dienone is 2. The maximum atomic E-state index is 7.36. The van der Waals surface area contributed by atoms with E-state index in [0.29, 0.717) is 0 Å². The Balaban J connectivity index is 4.60. The van der Waals surface area contributed by atoms with Crippen LogP contribution in [0.25, 0.3) is 0 Å². The maximum Gasteiger partial charge on any atom is 0.328 e. The summed E-state index contributed by atoms with van der Waals surface area (Å²) in [5, 5.41) is 7.36. The molecule has 0 unspecified atom stereocenters. The van der Waals surface area contributed by atoms with Crippen LogP contribution in [0.1, 0.15) is 47.5 Å². The molecule has 0 rings (SSSR count). The van der Waals surface area contributed by atoms with Gasteiger partial charge in [0.2, 0.25) is 0 Å². The molecule has 3 heteroatoms. The number of rotatable bonds is 7. The van der Waals surface area contributed by atoms with Gasteiger partial charge in [0.25, 0.3) is 0 Å². The molecule has 0 aromatic rings. The predicted octanol–water partition coefficient (Wildman–Crippen LogP) is 3.73. The Kier molecular flexibility index (Phi) is 6.58. The van der Waals surface area contributed by atoms with Crippen molar-refractivity contribution in [1.29, 1.82) is 5.41 Å². The van der Waals surface area contributed by atoms with Gasteiger partial charge in [0.05, 0.1) is 0 Å². The summed E-state index contributed by atoms with van der Waals surface area (Å²) in [7, 11) is 0. The second-order valence-electron chi connectivity index (χ2n) is 4.44. The quantitative estimate of drug-likeness (QED) is 0.503. The van der Waals surface area contributed by atoms with Gasteiger partial charge < -0.3 is 10.1 Å². The molecule has 86 valence electrons. The summed E-state index contributed by atoms with van der Waals surface area (Å²) >= 11 is 0. The van der Waals surface area contributed by atoms with E-state index in [9.17, 15) is 0 Å². The molecule has 0 atom stereocenters. The van der Waals surface area contributed by atoms with Gasteiger partial charge in [-0.15, -0.1) is 0 Å². The topological polar surface area (TPSA) is 33.1 Å². The first-order valence-corrected chi connectivity index (χ1v) is 5.85. The van der Waals surface area contributed by atoms with Crippen molar-refractivity contribution in [2.75, 3.05) is 0 Å². The molecular weight excluding hydrogens is 185 g/mol. The lowest BCUT2D eigenvalue weighted by atomic mass is 9.56. The van der Waals surface area contributed by atoms with Gasteiger partial charge in [0.1, 0.15) is 0 Å². The van der Waals surface area contributed by atoms with Crippen LogP contribution in [0.5, 0.6) is 0 Å². The van der Waals surface area contributed by atoms with Crippen LogP contribution < -0.4 is 0 Å². The molecule has 0 aliphatic heterocycles. The fourth-order valence-corrected chi connectivity index (χ4v) is 1.39. The van der Waals surface area contributed by atoms with Crippen LogP contribution in [0.2, 0.25) is 6.32 Å². The summed E-state index contributed by atoms with van der Waals surface area (Å²) in [5.41, 5.74) is 0.885. The smallest absolute Gasteiger partial charge is 0.328 e. The standard InChI is InChI=1S/C12H24BNO/c1-6-9-13(11(7-2)10-14)15-12(4,5)8-3/h7,10,14H,6,8-9H2,1-5H3/b11-7+,14-10?. The maximum absolute atomic E-state index is 7.36. The third-order valence-corrected chi connectivity index (χ3v) is 2.74. The van der Waals surface area contributed by atoms with Gasteiger partial charge in [-0.25, -0.2) is 0 Å². The molecule has 0 heterocycles. The van der Waals surface area contributed by atoms with Crippen LogP contribution in [0.15, 0.2) is 11.5 Å². The molecule has 0 aliphatic carbocycles. The fourth-order valence-electron chi connectivity index (χ4n) is 1.39. The number of hydrogen-bond donors (Lipinski definition) is 1. The molecule has 2 nitrogen and oxygen atoms in total. The minimum absolute atomic E-state index is 0.0763. The van der Waals surface area contributed by atoms with Gasteiger partial charge in [-0.1, -0.05) is 26.3 Å². The first-order chi connectivity index (χ1) is 7.00. The number of hydrogen-bond acceptors (Lipinski definition) is 2. The lowest BCUT2D eigenvalue weighted by molar-refractivity contribution is 0.105. The number of nitrogens with one attached hydrogen (secondary N) is 1. The van der Waals surface area contributed by atoms with Crippen molar-refractivity contribution in [2.24, 2.45) is 0 Å². The zero-order valence-electron chi connectivity index (χ0n) is 10.8. The summed E-state index contributed by atoms with van der Waals surface area (Å²) in [6, 6.07) is 0. The summed E-state index contributed by atoms with van der Waals surface area (Å²) < 4.78 is 6.05. The van der Waals surface area contributed by atoms with Gasteiger partial charge >= 0.3 is 6.92 Å². The fraction of sp³-hybridized carbons (Fsp3) is 0.750. The summed E-state index contributed by atoms with van der Waals surface area (Å²) in [4.78, 5) is 0. The van der Waals surface area contributed by atoms with Crippen molar-refractivity contribution in [1.82, 2.24) is 0 Å². The highest BCUT2D eigenvalue weighted by Gasteiger charge is 2.26. The van der Waals surface area contributed by atoms with Crippen LogP contribution in [0.4, 0.5) is 0 Å². The van der Waals surface area contributed by atoms with Crippen molar-refractivity contribution in [2.45, 2.75) is 59.4 Å². The third kappa shape index (κ3) is 5.17. The van der Waals surface area contributed by atoms with Crippen LogP contribution in [0.3, 0.4) is 0 Å². The Bertz CT molecular complexity index is 224. The van der Waals surface area contributed by atoms with Gasteiger partial charge in [0, 0.05) is 11.8 Å². The highest BCUT2D eigenvalue weighted by Crippen LogP contribution is 2.20. The Morgan fingerprint density at radius 3 is 2.33 bits per heavy atom. The molecule has 1 N–H and O–H groups in total. The minimum atomic E-state index is -0.100. The van der Waals surface area contributed by atoms with Crippen LogP contribution >= 0.6 is 0 Å². The van der Waals surface area contributed by atoms with Crippen LogP contribution in [0, 0.1) is 5.41 Å². The van der Waals surface area contributed by atoms with Gasteiger partial charge in [0.15, 0.2) is 0 Å². The highest BCUT2D eigenvalue weighted by atomic mass is 16.5. The normalized spacial score (nSPS) is 12.7. The Morgan fingerprint density at radius 1 is 1.40 bits per heavy atom. The van der Waals surface area contributed by atoms with Crippen molar-refractivity contribution < 1.29 is 4.65 Å². The Morgan fingerprint density at radius 2 is 2.00 bits per heavy atom. The molecule has 0 fully saturated rings. The van der Waals surface area contributed by atoms with Crippen LogP contribution in [-0.2, 0) is 4.65 Å². The van der Waals surface area contributed by atoms with E-state index in [4.69, 9.17) is 10.1 Å². The summed E-state index contributed by atoms with van der Waals surface area (Å²) in [6.07, 6.45) is 6.43. The molecule has 0 aromatic carbocycles. The van der Waals surface area contributed by atoms with E-state index in [1.165, 1.54) is 6.21 Å². The molecule has 0 saturated carbocycles. The first kappa shape index (κ1) is 14.4. The zero-order valence-corrected chi connectivity index (χ0v) is 10.8. The molecule has 0 bridgehead atoms. The largest absolute Gasteiger partial charge is 0.426 e. The van der Waals surface area contributed by atoms with E-state index >= 15 is 0 Å². The van der Waals surface area contributed by atoms with E-state index in [1.807, 2.05) is 13.0 Å². The van der Waals surface area contributed by atoms with Crippen molar-refractivity contribution >= 4 is 13.1 Å². The average Bonchev–Trinajstić information content (AvgIpc) is 2.19. The van der Waals surface area contributed by atoms with Crippen LogP contribution in [-0.4, -0.2) is 18.7 Å². The molecule has 0 aliphatic rings. The van der Waals surface area contributed by atoms with E-state index in [0.717, 1.165) is 24.6 Å².